The summed E-state index contributed by atoms with van der Waals surface area (Å²) in [6.07, 6.45) is 5.91. The molecule has 0 aromatic carbocycles. The van der Waals surface area contributed by atoms with Gasteiger partial charge in [-0.3, -0.25) is 0 Å². The molecule has 0 aliphatic carbocycles. The van der Waals surface area contributed by atoms with Gasteiger partial charge in [0.25, 0.3) is 0 Å². The fourth-order valence-corrected chi connectivity index (χ4v) is 1.26. The summed E-state index contributed by atoms with van der Waals surface area (Å²) in [5.41, 5.74) is 0.662. The van der Waals surface area contributed by atoms with E-state index in [1.807, 2.05) is 6.08 Å². The number of alkyl halides is 1. The molecule has 0 fully saturated rings. The van der Waals surface area contributed by atoms with Crippen LogP contribution in [0.3, 0.4) is 0 Å². The van der Waals surface area contributed by atoms with Gasteiger partial charge in [-0.05, 0) is 12.0 Å². The number of nitrogens with zero attached hydrogens (tertiary/aromatic N) is 1. The van der Waals surface area contributed by atoms with E-state index in [2.05, 4.69) is 20.9 Å². The van der Waals surface area contributed by atoms with E-state index in [4.69, 9.17) is 11.6 Å². The molecule has 0 aliphatic rings. The lowest BCUT2D eigenvalue weighted by atomic mass is 10.2. The SMILES string of the molecule is Fc1cc(C=CCCBr)c(Cl)cn1. The Labute approximate surface area is 89.8 Å². The van der Waals surface area contributed by atoms with Crippen molar-refractivity contribution in [3.8, 4) is 0 Å². The van der Waals surface area contributed by atoms with Gasteiger partial charge < -0.3 is 0 Å². The number of hydrogen-bond donors (Lipinski definition) is 0. The fourth-order valence-electron chi connectivity index (χ4n) is 0.828. The number of rotatable bonds is 3. The molecule has 1 nitrogen and oxygen atoms in total. The Kier molecular flexibility index (Phi) is 4.39. The van der Waals surface area contributed by atoms with Crippen molar-refractivity contribution in [3.63, 3.8) is 0 Å². The number of halogens is 3. The van der Waals surface area contributed by atoms with E-state index in [9.17, 15) is 4.39 Å². The van der Waals surface area contributed by atoms with Crippen LogP contribution in [0.5, 0.6) is 0 Å². The maximum atomic E-state index is 12.6. The minimum atomic E-state index is -0.511. The summed E-state index contributed by atoms with van der Waals surface area (Å²) >= 11 is 9.07. The van der Waals surface area contributed by atoms with Crippen LogP contribution in [0, 0.1) is 5.95 Å². The van der Waals surface area contributed by atoms with Gasteiger partial charge in [-0.15, -0.1) is 0 Å². The summed E-state index contributed by atoms with van der Waals surface area (Å²) in [6, 6.07) is 1.31. The second-order valence-corrected chi connectivity index (χ2v) is 3.61. The monoisotopic (exact) mass is 263 g/mol. The van der Waals surface area contributed by atoms with Crippen LogP contribution in [-0.2, 0) is 0 Å². The summed E-state index contributed by atoms with van der Waals surface area (Å²) < 4.78 is 12.6. The first kappa shape index (κ1) is 10.7. The first-order valence-electron chi connectivity index (χ1n) is 3.77. The lowest BCUT2D eigenvalue weighted by molar-refractivity contribution is 0.583. The minimum Gasteiger partial charge on any atom is -0.227 e. The van der Waals surface area contributed by atoms with Crippen LogP contribution in [0.2, 0.25) is 5.02 Å². The zero-order valence-electron chi connectivity index (χ0n) is 6.80. The normalized spacial score (nSPS) is 11.0. The van der Waals surface area contributed by atoms with Crippen LogP contribution in [0.4, 0.5) is 4.39 Å². The van der Waals surface area contributed by atoms with E-state index in [0.717, 1.165) is 11.8 Å². The maximum Gasteiger partial charge on any atom is 0.213 e. The molecule has 1 heterocycles. The summed E-state index contributed by atoms with van der Waals surface area (Å²) in [4.78, 5) is 3.43. The van der Waals surface area contributed by atoms with E-state index in [1.165, 1.54) is 12.3 Å². The number of hydrogen-bond acceptors (Lipinski definition) is 1. The Balaban J connectivity index is 2.81. The van der Waals surface area contributed by atoms with Crippen LogP contribution < -0.4 is 0 Å². The van der Waals surface area contributed by atoms with Crippen molar-refractivity contribution in [3.05, 3.63) is 34.9 Å². The van der Waals surface area contributed by atoms with Gasteiger partial charge >= 0.3 is 0 Å². The number of allylic oxidation sites excluding steroid dienone is 1. The summed E-state index contributed by atoms with van der Waals surface area (Å²) in [5, 5.41) is 1.35. The first-order chi connectivity index (χ1) is 6.24. The molecule has 0 unspecified atom stereocenters. The average Bonchev–Trinajstić information content (AvgIpc) is 2.11. The quantitative estimate of drug-likeness (QED) is 0.599. The molecule has 1 aromatic heterocycles. The van der Waals surface area contributed by atoms with Crippen LogP contribution in [0.1, 0.15) is 12.0 Å². The molecule has 0 aliphatic heterocycles. The van der Waals surface area contributed by atoms with Crippen LogP contribution >= 0.6 is 27.5 Å². The first-order valence-corrected chi connectivity index (χ1v) is 5.27. The Morgan fingerprint density at radius 3 is 3.08 bits per heavy atom. The van der Waals surface area contributed by atoms with E-state index >= 15 is 0 Å². The Hall–Kier alpha value is -0.410. The highest BCUT2D eigenvalue weighted by Crippen LogP contribution is 2.16. The largest absolute Gasteiger partial charge is 0.227 e. The van der Waals surface area contributed by atoms with Crippen molar-refractivity contribution in [2.75, 3.05) is 5.33 Å². The Morgan fingerprint density at radius 2 is 2.38 bits per heavy atom. The fraction of sp³-hybridized carbons (Fsp3) is 0.222. The van der Waals surface area contributed by atoms with Crippen molar-refractivity contribution in [2.45, 2.75) is 6.42 Å². The van der Waals surface area contributed by atoms with Gasteiger partial charge in [0.1, 0.15) is 0 Å². The zero-order chi connectivity index (χ0) is 9.68. The summed E-state index contributed by atoms with van der Waals surface area (Å²) in [7, 11) is 0. The molecule has 0 saturated heterocycles. The molecule has 1 rings (SSSR count). The van der Waals surface area contributed by atoms with Crippen molar-refractivity contribution in [1.82, 2.24) is 4.98 Å². The Morgan fingerprint density at radius 1 is 1.62 bits per heavy atom. The molecule has 1 aromatic rings. The van der Waals surface area contributed by atoms with Gasteiger partial charge in [0.2, 0.25) is 5.95 Å². The molecule has 0 amide bonds. The van der Waals surface area contributed by atoms with Crippen molar-refractivity contribution in [1.29, 1.82) is 0 Å². The van der Waals surface area contributed by atoms with E-state index in [-0.39, 0.29) is 0 Å². The van der Waals surface area contributed by atoms with Crippen LogP contribution in [0.15, 0.2) is 18.3 Å². The van der Waals surface area contributed by atoms with Gasteiger partial charge in [0, 0.05) is 17.6 Å². The smallest absolute Gasteiger partial charge is 0.213 e. The van der Waals surface area contributed by atoms with Gasteiger partial charge in [-0.25, -0.2) is 4.98 Å². The molecule has 0 atom stereocenters. The molecular formula is C9H8BrClFN. The molecular weight excluding hydrogens is 256 g/mol. The van der Waals surface area contributed by atoms with Gasteiger partial charge in [-0.1, -0.05) is 39.7 Å². The molecule has 4 heteroatoms. The highest BCUT2D eigenvalue weighted by molar-refractivity contribution is 9.09. The summed E-state index contributed by atoms with van der Waals surface area (Å²) in [5.74, 6) is -0.511. The predicted octanol–water partition coefficient (Wildman–Crippen LogP) is 3.67. The lowest BCUT2D eigenvalue weighted by Crippen LogP contribution is -1.84. The van der Waals surface area contributed by atoms with E-state index in [1.54, 1.807) is 6.08 Å². The molecule has 0 N–H and O–H groups in total. The van der Waals surface area contributed by atoms with Gasteiger partial charge in [0.15, 0.2) is 0 Å². The number of aromatic nitrogens is 1. The third-order valence-corrected chi connectivity index (χ3v) is 2.20. The number of pyridine rings is 1. The lowest BCUT2D eigenvalue weighted by Gasteiger charge is -1.96. The topological polar surface area (TPSA) is 12.9 Å². The maximum absolute atomic E-state index is 12.6. The van der Waals surface area contributed by atoms with Crippen LogP contribution in [0.25, 0.3) is 6.08 Å². The summed E-state index contributed by atoms with van der Waals surface area (Å²) in [6.45, 7) is 0. The standard InChI is InChI=1S/C9H8BrClFN/c10-4-2-1-3-7-5-9(12)13-6-8(7)11/h1,3,5-6H,2,4H2. The van der Waals surface area contributed by atoms with E-state index < -0.39 is 5.95 Å². The third-order valence-electron chi connectivity index (χ3n) is 1.42. The minimum absolute atomic E-state index is 0.465. The third kappa shape index (κ3) is 3.44. The average molecular weight is 265 g/mol. The van der Waals surface area contributed by atoms with Gasteiger partial charge in [-0.2, -0.15) is 4.39 Å². The second-order valence-electron chi connectivity index (χ2n) is 2.41. The Bertz CT molecular complexity index is 314. The zero-order valence-corrected chi connectivity index (χ0v) is 9.15. The van der Waals surface area contributed by atoms with Crippen molar-refractivity contribution < 1.29 is 4.39 Å². The molecule has 70 valence electrons. The highest BCUT2D eigenvalue weighted by atomic mass is 79.9. The predicted molar refractivity (Wildman–Crippen MR) is 56.7 cm³/mol. The van der Waals surface area contributed by atoms with E-state index in [0.29, 0.717) is 10.6 Å². The second kappa shape index (κ2) is 5.35. The van der Waals surface area contributed by atoms with Crippen molar-refractivity contribution >= 4 is 33.6 Å². The van der Waals surface area contributed by atoms with Crippen LogP contribution in [-0.4, -0.2) is 10.3 Å². The van der Waals surface area contributed by atoms with Gasteiger partial charge in [0.05, 0.1) is 5.02 Å². The molecule has 0 spiro atoms. The molecule has 0 bridgehead atoms. The highest BCUT2D eigenvalue weighted by Gasteiger charge is 1.98. The van der Waals surface area contributed by atoms with Crippen molar-refractivity contribution in [2.24, 2.45) is 0 Å². The molecule has 0 saturated carbocycles. The molecule has 13 heavy (non-hydrogen) atoms. The molecule has 0 radical (unpaired) electrons.